The van der Waals surface area contributed by atoms with Crippen molar-refractivity contribution in [2.45, 2.75) is 6.42 Å². The van der Waals surface area contributed by atoms with Gasteiger partial charge >= 0.3 is 0 Å². The van der Waals surface area contributed by atoms with E-state index in [1.165, 1.54) is 0 Å². The highest BCUT2D eigenvalue weighted by atomic mass is 16.5. The third kappa shape index (κ3) is 4.10. The van der Waals surface area contributed by atoms with Gasteiger partial charge in [0.1, 0.15) is 18.1 Å². The molecule has 0 aliphatic heterocycles. The lowest BCUT2D eigenvalue weighted by atomic mass is 10.1. The maximum absolute atomic E-state index is 12.0. The zero-order chi connectivity index (χ0) is 19.2. The van der Waals surface area contributed by atoms with Gasteiger partial charge in [0.25, 0.3) is 0 Å². The minimum absolute atomic E-state index is 0.152. The van der Waals surface area contributed by atoms with Crippen LogP contribution in [0.5, 0.6) is 5.75 Å². The molecule has 1 N–H and O–H groups in total. The van der Waals surface area contributed by atoms with Crippen molar-refractivity contribution in [3.05, 3.63) is 66.5 Å². The summed E-state index contributed by atoms with van der Waals surface area (Å²) in [6, 6.07) is 17.1. The lowest BCUT2D eigenvalue weighted by Crippen LogP contribution is -2.25. The molecule has 0 bridgehead atoms. The minimum Gasteiger partial charge on any atom is -0.481 e. The van der Waals surface area contributed by atoms with Crippen LogP contribution in [0.15, 0.2) is 65.3 Å². The van der Waals surface area contributed by atoms with Crippen LogP contribution in [0, 0.1) is 11.8 Å². The molecule has 1 amide bonds. The molecule has 0 aliphatic rings. The average Bonchev–Trinajstić information content (AvgIpc) is 3.13. The highest BCUT2D eigenvalue weighted by Crippen LogP contribution is 2.19. The van der Waals surface area contributed by atoms with Crippen molar-refractivity contribution >= 4 is 27.8 Å². The van der Waals surface area contributed by atoms with E-state index in [9.17, 15) is 4.79 Å². The second-order valence-corrected chi connectivity index (χ2v) is 6.08. The normalized spacial score (nSPS) is 10.4. The fourth-order valence-corrected chi connectivity index (χ4v) is 2.79. The predicted molar refractivity (Wildman–Crippen MR) is 106 cm³/mol. The molecule has 6 nitrogen and oxygen atoms in total. The van der Waals surface area contributed by atoms with Gasteiger partial charge in [-0.25, -0.2) is 0 Å². The molecule has 2 aromatic heterocycles. The van der Waals surface area contributed by atoms with Crippen molar-refractivity contribution in [2.24, 2.45) is 0 Å². The number of fused-ring (bicyclic) bond motifs is 2. The van der Waals surface area contributed by atoms with Gasteiger partial charge in [0.05, 0.1) is 18.5 Å². The van der Waals surface area contributed by atoms with E-state index in [2.05, 4.69) is 27.3 Å². The smallest absolute Gasteiger partial charge is 0.226 e. The Hall–Kier alpha value is -3.85. The zero-order valence-corrected chi connectivity index (χ0v) is 15.0. The summed E-state index contributed by atoms with van der Waals surface area (Å²) in [5.41, 5.74) is 2.17. The Labute approximate surface area is 161 Å². The average molecular weight is 371 g/mol. The molecular formula is C22H17N3O3. The molecule has 0 atom stereocenters. The van der Waals surface area contributed by atoms with Gasteiger partial charge in [-0.1, -0.05) is 35.2 Å². The molecular weight excluding hydrogens is 354 g/mol. The second kappa shape index (κ2) is 8.23. The molecule has 4 rings (SSSR count). The van der Waals surface area contributed by atoms with Gasteiger partial charge in [-0.2, -0.15) is 0 Å². The van der Waals surface area contributed by atoms with Crippen LogP contribution in [-0.4, -0.2) is 29.2 Å². The van der Waals surface area contributed by atoms with E-state index in [1.807, 2.05) is 54.6 Å². The van der Waals surface area contributed by atoms with Gasteiger partial charge in [0.2, 0.25) is 5.91 Å². The van der Waals surface area contributed by atoms with Crippen molar-refractivity contribution in [3.63, 3.8) is 0 Å². The van der Waals surface area contributed by atoms with E-state index in [0.29, 0.717) is 17.0 Å². The summed E-state index contributed by atoms with van der Waals surface area (Å²) in [5, 5.41) is 8.61. The van der Waals surface area contributed by atoms with Gasteiger partial charge in [-0.3, -0.25) is 9.78 Å². The lowest BCUT2D eigenvalue weighted by Gasteiger charge is -2.03. The first-order valence-corrected chi connectivity index (χ1v) is 8.83. The molecule has 138 valence electrons. The molecule has 0 saturated carbocycles. The maximum atomic E-state index is 12.0. The Bertz CT molecular complexity index is 1190. The molecule has 0 saturated heterocycles. The summed E-state index contributed by atoms with van der Waals surface area (Å²) < 4.78 is 10.8. The number of hydrogen-bond acceptors (Lipinski definition) is 5. The standard InChI is InChI=1S/C22H17N3O3/c26-22(15-20-18-7-1-2-8-21(18)28-25-20)24-11-3-4-13-27-17-10-9-16-6-5-12-23-19(16)14-17/h1-2,5-10,12,14H,11,13,15H2,(H,24,26). The molecule has 0 spiro atoms. The number of ether oxygens (including phenoxy) is 1. The fraction of sp³-hybridized carbons (Fsp3) is 0.136. The van der Waals surface area contributed by atoms with E-state index in [4.69, 9.17) is 9.26 Å². The van der Waals surface area contributed by atoms with Gasteiger partial charge in [0.15, 0.2) is 5.58 Å². The van der Waals surface area contributed by atoms with Crippen LogP contribution in [0.2, 0.25) is 0 Å². The molecule has 28 heavy (non-hydrogen) atoms. The Morgan fingerprint density at radius 1 is 1.11 bits per heavy atom. The third-order valence-corrected chi connectivity index (χ3v) is 4.17. The number of carbonyl (C=O) groups excluding carboxylic acids is 1. The van der Waals surface area contributed by atoms with Crippen LogP contribution in [-0.2, 0) is 11.2 Å². The first-order valence-electron chi connectivity index (χ1n) is 8.83. The fourth-order valence-electron chi connectivity index (χ4n) is 2.79. The van der Waals surface area contributed by atoms with Gasteiger partial charge in [-0.15, -0.1) is 0 Å². The number of benzene rings is 2. The number of amides is 1. The summed E-state index contributed by atoms with van der Waals surface area (Å²) in [5.74, 6) is 6.31. The van der Waals surface area contributed by atoms with E-state index < -0.39 is 0 Å². The third-order valence-electron chi connectivity index (χ3n) is 4.17. The Balaban J connectivity index is 1.24. The summed E-state index contributed by atoms with van der Waals surface area (Å²) in [6.07, 6.45) is 1.90. The van der Waals surface area contributed by atoms with Crippen LogP contribution in [0.4, 0.5) is 0 Å². The van der Waals surface area contributed by atoms with Crippen LogP contribution in [0.25, 0.3) is 21.9 Å². The topological polar surface area (TPSA) is 77.2 Å². The highest BCUT2D eigenvalue weighted by molar-refractivity contribution is 5.86. The van der Waals surface area contributed by atoms with Crippen molar-refractivity contribution in [1.82, 2.24) is 15.5 Å². The predicted octanol–water partition coefficient (Wildman–Crippen LogP) is 3.12. The molecule has 0 fully saturated rings. The van der Waals surface area contributed by atoms with Crippen LogP contribution < -0.4 is 10.1 Å². The van der Waals surface area contributed by atoms with Crippen molar-refractivity contribution in [3.8, 4) is 17.6 Å². The summed E-state index contributed by atoms with van der Waals surface area (Å²) >= 11 is 0. The molecule has 2 aromatic carbocycles. The van der Waals surface area contributed by atoms with Gasteiger partial charge in [0, 0.05) is 23.0 Å². The van der Waals surface area contributed by atoms with E-state index in [-0.39, 0.29) is 25.5 Å². The summed E-state index contributed by atoms with van der Waals surface area (Å²) in [6.45, 7) is 0.486. The van der Waals surface area contributed by atoms with Crippen LogP contribution >= 0.6 is 0 Å². The van der Waals surface area contributed by atoms with Crippen LogP contribution in [0.3, 0.4) is 0 Å². The number of carbonyl (C=O) groups is 1. The second-order valence-electron chi connectivity index (χ2n) is 6.08. The molecule has 0 radical (unpaired) electrons. The number of hydrogen-bond donors (Lipinski definition) is 1. The number of aromatic nitrogens is 2. The SMILES string of the molecule is O=C(Cc1noc2ccccc12)NCC#CCOc1ccc2cccnc2c1. The number of nitrogens with one attached hydrogen (secondary N) is 1. The minimum atomic E-state index is -0.158. The van der Waals surface area contributed by atoms with Crippen molar-refractivity contribution < 1.29 is 14.1 Å². The first-order chi connectivity index (χ1) is 13.8. The number of rotatable bonds is 5. The summed E-state index contributed by atoms with van der Waals surface area (Å²) in [4.78, 5) is 16.3. The van der Waals surface area contributed by atoms with E-state index in [1.54, 1.807) is 6.20 Å². The molecule has 4 aromatic rings. The lowest BCUT2D eigenvalue weighted by molar-refractivity contribution is -0.120. The Morgan fingerprint density at radius 3 is 3.00 bits per heavy atom. The Morgan fingerprint density at radius 2 is 2.04 bits per heavy atom. The molecule has 2 heterocycles. The number of para-hydroxylation sites is 1. The number of pyridine rings is 1. The van der Waals surface area contributed by atoms with Crippen LogP contribution in [0.1, 0.15) is 5.69 Å². The summed E-state index contributed by atoms with van der Waals surface area (Å²) in [7, 11) is 0. The monoisotopic (exact) mass is 371 g/mol. The van der Waals surface area contributed by atoms with E-state index in [0.717, 1.165) is 16.3 Å². The maximum Gasteiger partial charge on any atom is 0.226 e. The number of nitrogens with zero attached hydrogens (tertiary/aromatic N) is 2. The van der Waals surface area contributed by atoms with E-state index >= 15 is 0 Å². The molecule has 0 unspecified atom stereocenters. The largest absolute Gasteiger partial charge is 0.481 e. The quantitative estimate of drug-likeness (QED) is 0.546. The Kier molecular flexibility index (Phi) is 5.16. The van der Waals surface area contributed by atoms with Gasteiger partial charge < -0.3 is 14.6 Å². The van der Waals surface area contributed by atoms with Crippen molar-refractivity contribution in [1.29, 1.82) is 0 Å². The zero-order valence-electron chi connectivity index (χ0n) is 15.0. The first kappa shape index (κ1) is 17.6. The van der Waals surface area contributed by atoms with Gasteiger partial charge in [-0.05, 0) is 30.3 Å². The van der Waals surface area contributed by atoms with Crippen molar-refractivity contribution in [2.75, 3.05) is 13.2 Å². The molecule has 0 aliphatic carbocycles. The molecule has 6 heteroatoms. The highest BCUT2D eigenvalue weighted by Gasteiger charge is 2.11.